The summed E-state index contributed by atoms with van der Waals surface area (Å²) in [5, 5.41) is 0. The Balaban J connectivity index is 0.950. The second-order valence-electron chi connectivity index (χ2n) is 15.0. The van der Waals surface area contributed by atoms with Crippen LogP contribution in [0.25, 0.3) is 22.5 Å². The lowest BCUT2D eigenvalue weighted by molar-refractivity contribution is 0.0175. The molecule has 2 N–H and O–H groups in total. The molecule has 48 heavy (non-hydrogen) atoms. The lowest BCUT2D eigenvalue weighted by Gasteiger charge is -2.29. The SMILES string of the molecule is CC(C)(C)OC(=O)N1[C@@H]2C[C@@H]2C[C@H]1c1ncc(-c2ccc3c(c2F)CCc2[nH]c([C@@H]4C[C@H]5C[C@H]5N4C(=O)OCc4ccccc4)nc2-3)[nH]1. The normalized spacial score (nSPS) is 26.4. The summed E-state index contributed by atoms with van der Waals surface area (Å²) < 4.78 is 27.7. The number of H-pyrrole nitrogens is 2. The topological polar surface area (TPSA) is 116 Å². The van der Waals surface area contributed by atoms with Crippen molar-refractivity contribution < 1.29 is 23.5 Å². The van der Waals surface area contributed by atoms with Crippen LogP contribution in [-0.2, 0) is 28.9 Å². The maximum Gasteiger partial charge on any atom is 0.411 e. The largest absolute Gasteiger partial charge is 0.445 e. The Morgan fingerprint density at radius 1 is 0.875 bits per heavy atom. The summed E-state index contributed by atoms with van der Waals surface area (Å²) in [6.07, 6.45) is 5.80. The fourth-order valence-corrected chi connectivity index (χ4v) is 8.21. The lowest BCUT2D eigenvalue weighted by Crippen LogP contribution is -2.38. The van der Waals surface area contributed by atoms with Crippen molar-refractivity contribution in [3.8, 4) is 22.5 Å². The smallest absolute Gasteiger partial charge is 0.411 e. The molecule has 2 aliphatic heterocycles. The third-order valence-electron chi connectivity index (χ3n) is 10.7. The molecule has 4 fully saturated rings. The van der Waals surface area contributed by atoms with Crippen molar-refractivity contribution in [2.24, 2.45) is 11.8 Å². The van der Waals surface area contributed by atoms with Gasteiger partial charge in [0.25, 0.3) is 0 Å². The number of hydrogen-bond acceptors (Lipinski definition) is 6. The molecule has 0 spiro atoms. The number of aromatic amines is 2. The van der Waals surface area contributed by atoms with Gasteiger partial charge >= 0.3 is 12.2 Å². The minimum Gasteiger partial charge on any atom is -0.445 e. The van der Waals surface area contributed by atoms with E-state index in [9.17, 15) is 9.59 Å². The molecule has 6 atom stereocenters. The van der Waals surface area contributed by atoms with Crippen LogP contribution >= 0.6 is 0 Å². The van der Waals surface area contributed by atoms with Gasteiger partial charge in [0.05, 0.1) is 29.7 Å². The number of likely N-dealkylation sites (tertiary alicyclic amines) is 2. The average Bonchev–Trinajstić information content (AvgIpc) is 3.68. The van der Waals surface area contributed by atoms with Gasteiger partial charge in [-0.3, -0.25) is 9.80 Å². The first kappa shape index (κ1) is 29.5. The van der Waals surface area contributed by atoms with Crippen molar-refractivity contribution in [2.75, 3.05) is 0 Å². The zero-order valence-electron chi connectivity index (χ0n) is 27.3. The number of benzene rings is 2. The van der Waals surface area contributed by atoms with Crippen molar-refractivity contribution in [3.63, 3.8) is 0 Å². The van der Waals surface area contributed by atoms with Gasteiger partial charge in [-0.1, -0.05) is 36.4 Å². The van der Waals surface area contributed by atoms with E-state index >= 15 is 4.39 Å². The van der Waals surface area contributed by atoms with Crippen molar-refractivity contribution in [1.29, 1.82) is 0 Å². The highest BCUT2D eigenvalue weighted by Gasteiger charge is 2.57. The van der Waals surface area contributed by atoms with Crippen molar-refractivity contribution in [1.82, 2.24) is 29.7 Å². The zero-order valence-corrected chi connectivity index (χ0v) is 27.3. The van der Waals surface area contributed by atoms with Gasteiger partial charge in [-0.2, -0.15) is 0 Å². The van der Waals surface area contributed by atoms with Gasteiger partial charge in [-0.25, -0.2) is 23.9 Å². The van der Waals surface area contributed by atoms with Crippen LogP contribution in [0.3, 0.4) is 0 Å². The molecule has 2 saturated carbocycles. The fourth-order valence-electron chi connectivity index (χ4n) is 8.21. The molecule has 10 nitrogen and oxygen atoms in total. The number of aryl methyl sites for hydroxylation is 1. The molecule has 0 bridgehead atoms. The van der Waals surface area contributed by atoms with Crippen molar-refractivity contribution in [2.45, 2.75) is 95.7 Å². The van der Waals surface area contributed by atoms with Gasteiger partial charge in [0.2, 0.25) is 0 Å². The van der Waals surface area contributed by atoms with E-state index in [-0.39, 0.29) is 48.8 Å². The third kappa shape index (κ3) is 4.97. The van der Waals surface area contributed by atoms with Gasteiger partial charge in [0.1, 0.15) is 29.7 Å². The number of ether oxygens (including phenoxy) is 2. The number of carbonyl (C=O) groups excluding carboxylic acids is 2. The number of rotatable bonds is 5. The average molecular weight is 651 g/mol. The Labute approximate surface area is 278 Å². The Morgan fingerprint density at radius 3 is 2.29 bits per heavy atom. The number of imidazole rings is 2. The van der Waals surface area contributed by atoms with E-state index in [1.54, 1.807) is 12.3 Å². The molecule has 11 heteroatoms. The lowest BCUT2D eigenvalue weighted by atomic mass is 9.90. The van der Waals surface area contributed by atoms with Crippen molar-refractivity contribution >= 4 is 12.2 Å². The molecular formula is C37H39FN6O4. The zero-order chi connectivity index (χ0) is 32.9. The van der Waals surface area contributed by atoms with Gasteiger partial charge in [-0.15, -0.1) is 0 Å². The minimum absolute atomic E-state index is 0.175. The summed E-state index contributed by atoms with van der Waals surface area (Å²) in [6, 6.07) is 13.3. The second-order valence-corrected chi connectivity index (χ2v) is 15.0. The van der Waals surface area contributed by atoms with E-state index in [2.05, 4.69) is 15.0 Å². The Kier molecular flexibility index (Phi) is 6.55. The fraction of sp³-hybridized carbons (Fsp3) is 0.459. The van der Waals surface area contributed by atoms with E-state index in [0.29, 0.717) is 47.3 Å². The molecule has 5 aliphatic rings. The Morgan fingerprint density at radius 2 is 1.56 bits per heavy atom. The summed E-state index contributed by atoms with van der Waals surface area (Å²) in [6.45, 7) is 5.83. The second kappa shape index (κ2) is 10.7. The van der Waals surface area contributed by atoms with Gasteiger partial charge in [0, 0.05) is 28.9 Å². The maximum atomic E-state index is 16.3. The van der Waals surface area contributed by atoms with Crippen LogP contribution in [-0.4, -0.2) is 59.6 Å². The predicted molar refractivity (Wildman–Crippen MR) is 174 cm³/mol. The van der Waals surface area contributed by atoms with E-state index < -0.39 is 5.60 Å². The molecule has 248 valence electrons. The first-order valence-electron chi connectivity index (χ1n) is 17.1. The number of carbonyl (C=O) groups is 2. The number of aromatic nitrogens is 4. The van der Waals surface area contributed by atoms with E-state index in [1.807, 2.05) is 67.0 Å². The third-order valence-corrected chi connectivity index (χ3v) is 10.7. The summed E-state index contributed by atoms with van der Waals surface area (Å²) in [5.74, 6) is 2.01. The number of amides is 2. The number of halogens is 1. The molecule has 2 aromatic carbocycles. The van der Waals surface area contributed by atoms with Crippen LogP contribution in [0.1, 0.15) is 87.0 Å². The molecule has 3 aliphatic carbocycles. The first-order chi connectivity index (χ1) is 23.1. The highest BCUT2D eigenvalue weighted by Crippen LogP contribution is 2.55. The number of fused-ring (bicyclic) bond motifs is 5. The Bertz CT molecular complexity index is 1930. The van der Waals surface area contributed by atoms with Gasteiger partial charge < -0.3 is 19.4 Å². The summed E-state index contributed by atoms with van der Waals surface area (Å²) in [4.78, 5) is 46.5. The number of nitrogens with zero attached hydrogens (tertiary/aromatic N) is 4. The van der Waals surface area contributed by atoms with Crippen LogP contribution in [0.5, 0.6) is 0 Å². The van der Waals surface area contributed by atoms with Crippen LogP contribution in [0, 0.1) is 17.7 Å². The highest BCUT2D eigenvalue weighted by atomic mass is 19.1. The van der Waals surface area contributed by atoms with Crippen molar-refractivity contribution in [3.05, 3.63) is 82.9 Å². The van der Waals surface area contributed by atoms with Gasteiger partial charge in [-0.05, 0) is 88.3 Å². The van der Waals surface area contributed by atoms with Crippen LogP contribution in [0.2, 0.25) is 0 Å². The monoisotopic (exact) mass is 650 g/mol. The van der Waals surface area contributed by atoms with E-state index in [1.165, 1.54) is 0 Å². The first-order valence-corrected chi connectivity index (χ1v) is 17.1. The predicted octanol–water partition coefficient (Wildman–Crippen LogP) is 7.25. The van der Waals surface area contributed by atoms with E-state index in [4.69, 9.17) is 14.5 Å². The molecule has 2 saturated heterocycles. The molecule has 4 heterocycles. The highest BCUT2D eigenvalue weighted by molar-refractivity contribution is 5.75. The van der Waals surface area contributed by atoms with E-state index in [0.717, 1.165) is 54.0 Å². The summed E-state index contributed by atoms with van der Waals surface area (Å²) >= 11 is 0. The quantitative estimate of drug-likeness (QED) is 0.235. The Hall–Kier alpha value is -4.67. The molecule has 0 unspecified atom stereocenters. The van der Waals surface area contributed by atoms with Gasteiger partial charge in [0.15, 0.2) is 0 Å². The maximum absolute atomic E-state index is 16.3. The summed E-state index contributed by atoms with van der Waals surface area (Å²) in [5.41, 5.74) is 4.50. The molecule has 4 aromatic rings. The summed E-state index contributed by atoms with van der Waals surface area (Å²) in [7, 11) is 0. The number of piperidine rings is 2. The molecule has 2 aromatic heterocycles. The molecule has 9 rings (SSSR count). The minimum atomic E-state index is -0.588. The molecular weight excluding hydrogens is 611 g/mol. The van der Waals surface area contributed by atoms with Crippen LogP contribution < -0.4 is 0 Å². The molecule has 2 amide bonds. The standard InChI is InChI=1S/C37H39FN6O4/c1-37(2,3)48-36(46)44-28-14-20(28)15-29(44)33-39-17-26(41-33)24-10-9-23-22(31(24)38)11-12-25-32(23)42-34(40-25)30-16-21-13-27(21)43(30)35(45)47-18-19-7-5-4-6-8-19/h4-10,17,20-21,27-30H,11-16,18H2,1-3H3,(H,39,41)(H,40,42)/t20-,21-,27-,28-,29+,30+/m1/s1. The van der Waals surface area contributed by atoms with Crippen LogP contribution in [0.4, 0.5) is 14.0 Å². The number of hydrogen-bond donors (Lipinski definition) is 2. The van der Waals surface area contributed by atoms with Crippen LogP contribution in [0.15, 0.2) is 48.7 Å². The number of nitrogens with one attached hydrogen (secondary N) is 2. The molecule has 0 radical (unpaired) electrons.